The number of imidazole rings is 1. The zero-order valence-corrected chi connectivity index (χ0v) is 14.6. The Bertz CT molecular complexity index is 697. The fraction of sp³-hybridized carbons (Fsp3) is 0.500. The standard InChI is InChI=1S/C20H26N4O/c25-20(21-13-17-14-24-12-5-4-11-18(24)22-17)23-19(16-9-6-10-16)15-7-2-1-3-8-15/h1-3,7-8,14,16,19H,4-6,9-13H2,(H2,21,23,25)/t19-/m1/s1. The van der Waals surface area contributed by atoms with Crippen LogP contribution in [-0.2, 0) is 19.5 Å². The van der Waals surface area contributed by atoms with Crippen LogP contribution in [0, 0.1) is 5.92 Å². The highest BCUT2D eigenvalue weighted by molar-refractivity contribution is 5.74. The average Bonchev–Trinajstić information content (AvgIpc) is 3.02. The number of urea groups is 1. The molecule has 4 rings (SSSR count). The molecule has 2 aromatic rings. The lowest BCUT2D eigenvalue weighted by atomic mass is 9.77. The van der Waals surface area contributed by atoms with Gasteiger partial charge in [0.15, 0.2) is 0 Å². The van der Waals surface area contributed by atoms with Crippen molar-refractivity contribution >= 4 is 6.03 Å². The van der Waals surface area contributed by atoms with Crippen molar-refractivity contribution < 1.29 is 4.79 Å². The average molecular weight is 338 g/mol. The van der Waals surface area contributed by atoms with Crippen LogP contribution in [0.15, 0.2) is 36.5 Å². The van der Waals surface area contributed by atoms with Crippen molar-refractivity contribution in [3.63, 3.8) is 0 Å². The monoisotopic (exact) mass is 338 g/mol. The predicted molar refractivity (Wildman–Crippen MR) is 97.1 cm³/mol. The van der Waals surface area contributed by atoms with E-state index in [1.54, 1.807) is 0 Å². The molecule has 1 aromatic heterocycles. The van der Waals surface area contributed by atoms with Gasteiger partial charge in [0, 0.05) is 19.2 Å². The Hall–Kier alpha value is -2.30. The van der Waals surface area contributed by atoms with Gasteiger partial charge in [-0.1, -0.05) is 36.8 Å². The summed E-state index contributed by atoms with van der Waals surface area (Å²) < 4.78 is 2.22. The van der Waals surface area contributed by atoms with Gasteiger partial charge in [-0.05, 0) is 37.2 Å². The van der Waals surface area contributed by atoms with Crippen molar-refractivity contribution in [2.75, 3.05) is 0 Å². The molecule has 132 valence electrons. The third-order valence-corrected chi connectivity index (χ3v) is 5.46. The molecule has 1 fully saturated rings. The minimum atomic E-state index is -0.105. The maximum absolute atomic E-state index is 12.4. The number of carbonyl (C=O) groups excluding carboxylic acids is 1. The molecular weight excluding hydrogens is 312 g/mol. The number of aromatic nitrogens is 2. The molecule has 2 amide bonds. The van der Waals surface area contributed by atoms with Crippen LogP contribution in [0.5, 0.6) is 0 Å². The van der Waals surface area contributed by atoms with Crippen LogP contribution >= 0.6 is 0 Å². The molecule has 0 spiro atoms. The Morgan fingerprint density at radius 1 is 1.20 bits per heavy atom. The van der Waals surface area contributed by atoms with E-state index >= 15 is 0 Å². The SMILES string of the molecule is O=C(NCc1cn2c(n1)CCCC2)N[C@H](c1ccccc1)C1CCC1. The number of carbonyl (C=O) groups is 1. The first-order valence-corrected chi connectivity index (χ1v) is 9.44. The fourth-order valence-electron chi connectivity index (χ4n) is 3.83. The summed E-state index contributed by atoms with van der Waals surface area (Å²) in [5, 5.41) is 6.17. The lowest BCUT2D eigenvalue weighted by molar-refractivity contribution is 0.207. The summed E-state index contributed by atoms with van der Waals surface area (Å²) in [6.07, 6.45) is 9.19. The van der Waals surface area contributed by atoms with Gasteiger partial charge < -0.3 is 15.2 Å². The Balaban J connectivity index is 1.36. The number of nitrogens with one attached hydrogen (secondary N) is 2. The molecule has 2 aliphatic rings. The molecule has 2 N–H and O–H groups in total. The first-order valence-electron chi connectivity index (χ1n) is 9.44. The molecule has 0 unspecified atom stereocenters. The van der Waals surface area contributed by atoms with Crippen LogP contribution in [0.3, 0.4) is 0 Å². The highest BCUT2D eigenvalue weighted by Gasteiger charge is 2.29. The topological polar surface area (TPSA) is 59.0 Å². The van der Waals surface area contributed by atoms with Gasteiger partial charge in [-0.3, -0.25) is 0 Å². The van der Waals surface area contributed by atoms with E-state index in [9.17, 15) is 4.79 Å². The van der Waals surface area contributed by atoms with Crippen molar-refractivity contribution in [3.8, 4) is 0 Å². The summed E-state index contributed by atoms with van der Waals surface area (Å²) in [4.78, 5) is 17.1. The van der Waals surface area contributed by atoms with Gasteiger partial charge in [0.2, 0.25) is 0 Å². The molecule has 0 bridgehead atoms. The van der Waals surface area contributed by atoms with Crippen molar-refractivity contribution in [1.82, 2.24) is 20.2 Å². The molecule has 5 heteroatoms. The highest BCUT2D eigenvalue weighted by Crippen LogP contribution is 2.37. The predicted octanol–water partition coefficient (Wildman–Crippen LogP) is 3.56. The van der Waals surface area contributed by atoms with E-state index in [-0.39, 0.29) is 12.1 Å². The molecule has 1 saturated carbocycles. The quantitative estimate of drug-likeness (QED) is 0.876. The normalized spacial score (nSPS) is 18.1. The Labute approximate surface area is 148 Å². The van der Waals surface area contributed by atoms with E-state index in [0.29, 0.717) is 12.5 Å². The summed E-state index contributed by atoms with van der Waals surface area (Å²) in [6, 6.07) is 10.3. The fourth-order valence-corrected chi connectivity index (χ4v) is 3.83. The number of nitrogens with zero attached hydrogens (tertiary/aromatic N) is 2. The largest absolute Gasteiger partial charge is 0.335 e. The van der Waals surface area contributed by atoms with Crippen LogP contribution in [0.2, 0.25) is 0 Å². The van der Waals surface area contributed by atoms with Crippen molar-refractivity contribution in [1.29, 1.82) is 0 Å². The number of fused-ring (bicyclic) bond motifs is 1. The molecule has 2 heterocycles. The third kappa shape index (κ3) is 3.70. The van der Waals surface area contributed by atoms with Crippen LogP contribution in [0.4, 0.5) is 4.79 Å². The maximum Gasteiger partial charge on any atom is 0.315 e. The van der Waals surface area contributed by atoms with E-state index < -0.39 is 0 Å². The van der Waals surface area contributed by atoms with Gasteiger partial charge in [0.25, 0.3) is 0 Å². The van der Waals surface area contributed by atoms with Gasteiger partial charge in [-0.15, -0.1) is 0 Å². The molecule has 25 heavy (non-hydrogen) atoms. The maximum atomic E-state index is 12.4. The van der Waals surface area contributed by atoms with Gasteiger partial charge in [-0.2, -0.15) is 0 Å². The molecular formula is C20H26N4O. The number of amides is 2. The minimum Gasteiger partial charge on any atom is -0.335 e. The lowest BCUT2D eigenvalue weighted by Gasteiger charge is -2.34. The number of hydrogen-bond acceptors (Lipinski definition) is 2. The molecule has 1 aromatic carbocycles. The minimum absolute atomic E-state index is 0.102. The molecule has 5 nitrogen and oxygen atoms in total. The Morgan fingerprint density at radius 2 is 2.04 bits per heavy atom. The van der Waals surface area contributed by atoms with Gasteiger partial charge in [0.05, 0.1) is 18.3 Å². The second kappa shape index (κ2) is 7.30. The number of hydrogen-bond donors (Lipinski definition) is 2. The Morgan fingerprint density at radius 3 is 2.76 bits per heavy atom. The van der Waals surface area contributed by atoms with Crippen molar-refractivity contribution in [2.24, 2.45) is 5.92 Å². The lowest BCUT2D eigenvalue weighted by Crippen LogP contribution is -2.41. The molecule has 0 radical (unpaired) electrons. The summed E-state index contributed by atoms with van der Waals surface area (Å²) in [5.74, 6) is 1.70. The van der Waals surface area contributed by atoms with Crippen LogP contribution in [-0.4, -0.2) is 15.6 Å². The van der Waals surface area contributed by atoms with Crippen LogP contribution in [0.25, 0.3) is 0 Å². The summed E-state index contributed by atoms with van der Waals surface area (Å²) in [7, 11) is 0. The van der Waals surface area contributed by atoms with E-state index in [1.807, 2.05) is 18.2 Å². The van der Waals surface area contributed by atoms with Crippen LogP contribution < -0.4 is 10.6 Å². The Kier molecular flexibility index (Phi) is 4.72. The number of benzene rings is 1. The second-order valence-corrected chi connectivity index (χ2v) is 7.21. The zero-order chi connectivity index (χ0) is 17.1. The van der Waals surface area contributed by atoms with E-state index in [1.165, 1.54) is 37.7 Å². The summed E-state index contributed by atoms with van der Waals surface area (Å²) in [5.41, 5.74) is 2.15. The van der Waals surface area contributed by atoms with Gasteiger partial charge in [0.1, 0.15) is 5.82 Å². The first kappa shape index (κ1) is 16.2. The second-order valence-electron chi connectivity index (χ2n) is 7.21. The van der Waals surface area contributed by atoms with Gasteiger partial charge >= 0.3 is 6.03 Å². The molecule has 1 aliphatic heterocycles. The smallest absolute Gasteiger partial charge is 0.315 e. The third-order valence-electron chi connectivity index (χ3n) is 5.46. The molecule has 0 saturated heterocycles. The highest BCUT2D eigenvalue weighted by atomic mass is 16.2. The number of aryl methyl sites for hydroxylation is 2. The first-order chi connectivity index (χ1) is 12.3. The number of rotatable bonds is 5. The summed E-state index contributed by atoms with van der Waals surface area (Å²) in [6.45, 7) is 1.53. The summed E-state index contributed by atoms with van der Waals surface area (Å²) >= 11 is 0. The van der Waals surface area contributed by atoms with E-state index in [2.05, 4.69) is 38.5 Å². The van der Waals surface area contributed by atoms with E-state index in [0.717, 1.165) is 24.5 Å². The van der Waals surface area contributed by atoms with Gasteiger partial charge in [-0.25, -0.2) is 9.78 Å². The van der Waals surface area contributed by atoms with E-state index in [4.69, 9.17) is 0 Å². The van der Waals surface area contributed by atoms with Crippen molar-refractivity contribution in [3.05, 3.63) is 53.6 Å². The molecule has 1 aliphatic carbocycles. The van der Waals surface area contributed by atoms with Crippen molar-refractivity contribution in [2.45, 2.75) is 57.7 Å². The van der Waals surface area contributed by atoms with Crippen LogP contribution in [0.1, 0.15) is 55.2 Å². The molecule has 1 atom stereocenters. The zero-order valence-electron chi connectivity index (χ0n) is 14.6.